The van der Waals surface area contributed by atoms with Crippen molar-refractivity contribution in [1.82, 2.24) is 10.2 Å². The van der Waals surface area contributed by atoms with Gasteiger partial charge in [-0.1, -0.05) is 12.1 Å². The molecule has 1 heterocycles. The van der Waals surface area contributed by atoms with Gasteiger partial charge in [0, 0.05) is 13.1 Å². The van der Waals surface area contributed by atoms with Crippen LogP contribution in [0.5, 0.6) is 5.75 Å². The predicted octanol–water partition coefficient (Wildman–Crippen LogP) is 1.29. The van der Waals surface area contributed by atoms with Crippen LogP contribution in [0.3, 0.4) is 0 Å². The van der Waals surface area contributed by atoms with Crippen molar-refractivity contribution in [3.63, 3.8) is 0 Å². The first-order chi connectivity index (χ1) is 10.6. The Hall–Kier alpha value is -2.24. The van der Waals surface area contributed by atoms with Crippen LogP contribution in [0.1, 0.15) is 24.8 Å². The smallest absolute Gasteiger partial charge is 0.315 e. The maximum atomic E-state index is 12.1. The number of urea groups is 1. The molecule has 6 nitrogen and oxygen atoms in total. The number of aryl methyl sites for hydroxylation is 1. The van der Waals surface area contributed by atoms with Gasteiger partial charge in [-0.25, -0.2) is 4.79 Å². The van der Waals surface area contributed by atoms with Gasteiger partial charge in [0.2, 0.25) is 5.91 Å². The Kier molecular flexibility index (Phi) is 5.63. The zero-order chi connectivity index (χ0) is 15.9. The Balaban J connectivity index is 1.74. The Morgan fingerprint density at radius 2 is 2.27 bits per heavy atom. The van der Waals surface area contributed by atoms with Crippen molar-refractivity contribution in [2.24, 2.45) is 5.73 Å². The number of amides is 3. The molecule has 0 aromatic heterocycles. The summed E-state index contributed by atoms with van der Waals surface area (Å²) in [5, 5.41) is 2.89. The summed E-state index contributed by atoms with van der Waals surface area (Å²) in [6, 6.07) is 6.96. The average molecular weight is 305 g/mol. The number of primary amides is 1. The third kappa shape index (κ3) is 4.13. The highest BCUT2D eigenvalue weighted by molar-refractivity contribution is 5.87. The van der Waals surface area contributed by atoms with Gasteiger partial charge in [0.1, 0.15) is 11.8 Å². The zero-order valence-electron chi connectivity index (χ0n) is 12.9. The highest BCUT2D eigenvalue weighted by Crippen LogP contribution is 2.17. The predicted molar refractivity (Wildman–Crippen MR) is 83.6 cm³/mol. The summed E-state index contributed by atoms with van der Waals surface area (Å²) in [5.41, 5.74) is 6.45. The minimum atomic E-state index is -0.519. The van der Waals surface area contributed by atoms with Crippen LogP contribution in [0, 0.1) is 0 Å². The lowest BCUT2D eigenvalue weighted by atomic mass is 10.1. The second-order valence-corrected chi connectivity index (χ2v) is 5.44. The molecule has 1 saturated heterocycles. The number of methoxy groups -OCH3 is 1. The van der Waals surface area contributed by atoms with Crippen molar-refractivity contribution < 1.29 is 14.3 Å². The summed E-state index contributed by atoms with van der Waals surface area (Å²) in [6.07, 6.45) is 3.21. The Morgan fingerprint density at radius 3 is 3.00 bits per heavy atom. The van der Waals surface area contributed by atoms with Crippen molar-refractivity contribution in [2.75, 3.05) is 20.2 Å². The molecule has 0 unspecified atom stereocenters. The number of carbonyl (C=O) groups is 2. The molecule has 3 amide bonds. The molecule has 0 aliphatic carbocycles. The number of nitrogens with two attached hydrogens (primary N) is 1. The molecule has 1 aromatic rings. The number of ether oxygens (including phenoxy) is 1. The van der Waals surface area contributed by atoms with Crippen LogP contribution in [0.2, 0.25) is 0 Å². The fourth-order valence-electron chi connectivity index (χ4n) is 2.75. The van der Waals surface area contributed by atoms with Gasteiger partial charge in [-0.05, 0) is 43.4 Å². The van der Waals surface area contributed by atoms with Gasteiger partial charge in [0.15, 0.2) is 0 Å². The Morgan fingerprint density at radius 1 is 1.45 bits per heavy atom. The standard InChI is InChI=1S/C16H23N3O3/c1-22-13-7-2-5-12(11-13)6-3-9-18-15(20)14-8-4-10-19(14)16(17)21/h2,5,7,11,14H,3-4,6,8-10H2,1H3,(H2,17,21)(H,18,20)/t14-/m0/s1. The minimum absolute atomic E-state index is 0.109. The zero-order valence-corrected chi connectivity index (χ0v) is 12.9. The van der Waals surface area contributed by atoms with Gasteiger partial charge in [-0.2, -0.15) is 0 Å². The topological polar surface area (TPSA) is 84.7 Å². The molecule has 0 saturated carbocycles. The largest absolute Gasteiger partial charge is 0.497 e. The van der Waals surface area contributed by atoms with Gasteiger partial charge in [0.25, 0.3) is 0 Å². The number of hydrogen-bond acceptors (Lipinski definition) is 3. The molecule has 1 aromatic carbocycles. The SMILES string of the molecule is COc1cccc(CCCNC(=O)[C@@H]2CCCN2C(N)=O)c1. The van der Waals surface area contributed by atoms with E-state index < -0.39 is 12.1 Å². The maximum Gasteiger partial charge on any atom is 0.315 e. The first kappa shape index (κ1) is 16.1. The van der Waals surface area contributed by atoms with E-state index in [0.717, 1.165) is 25.0 Å². The van der Waals surface area contributed by atoms with E-state index in [1.54, 1.807) is 7.11 Å². The van der Waals surface area contributed by atoms with Crippen LogP contribution in [0.25, 0.3) is 0 Å². The van der Waals surface area contributed by atoms with Gasteiger partial charge in [0.05, 0.1) is 7.11 Å². The number of hydrogen-bond donors (Lipinski definition) is 2. The van der Waals surface area contributed by atoms with Gasteiger partial charge < -0.3 is 20.7 Å². The number of benzene rings is 1. The van der Waals surface area contributed by atoms with Gasteiger partial charge in [-0.3, -0.25) is 4.79 Å². The molecule has 22 heavy (non-hydrogen) atoms. The molecule has 1 aliphatic heterocycles. The molecule has 2 rings (SSSR count). The van der Waals surface area contributed by atoms with E-state index >= 15 is 0 Å². The number of likely N-dealkylation sites (tertiary alicyclic amines) is 1. The fourth-order valence-corrected chi connectivity index (χ4v) is 2.75. The first-order valence-corrected chi connectivity index (χ1v) is 7.58. The van der Waals surface area contributed by atoms with Crippen molar-refractivity contribution in [3.05, 3.63) is 29.8 Å². The summed E-state index contributed by atoms with van der Waals surface area (Å²) >= 11 is 0. The molecule has 3 N–H and O–H groups in total. The maximum absolute atomic E-state index is 12.1. The van der Waals surface area contributed by atoms with Crippen molar-refractivity contribution in [2.45, 2.75) is 31.7 Å². The molecule has 1 atom stereocenters. The van der Waals surface area contributed by atoms with Crippen LogP contribution in [-0.4, -0.2) is 43.1 Å². The molecular weight excluding hydrogens is 282 g/mol. The first-order valence-electron chi connectivity index (χ1n) is 7.58. The third-order valence-corrected chi connectivity index (χ3v) is 3.91. The van der Waals surface area contributed by atoms with E-state index in [9.17, 15) is 9.59 Å². The number of nitrogens with zero attached hydrogens (tertiary/aromatic N) is 1. The summed E-state index contributed by atoms with van der Waals surface area (Å²) in [7, 11) is 1.64. The van der Waals surface area contributed by atoms with E-state index in [0.29, 0.717) is 19.5 Å². The summed E-state index contributed by atoms with van der Waals surface area (Å²) in [5.74, 6) is 0.728. The van der Waals surface area contributed by atoms with Crippen LogP contribution in [-0.2, 0) is 11.2 Å². The highest BCUT2D eigenvalue weighted by atomic mass is 16.5. The third-order valence-electron chi connectivity index (χ3n) is 3.91. The van der Waals surface area contributed by atoms with Crippen molar-refractivity contribution in [1.29, 1.82) is 0 Å². The van der Waals surface area contributed by atoms with E-state index in [1.165, 1.54) is 10.5 Å². The second kappa shape index (κ2) is 7.68. The Labute approximate surface area is 130 Å². The fraction of sp³-hybridized carbons (Fsp3) is 0.500. The lowest BCUT2D eigenvalue weighted by Crippen LogP contribution is -2.48. The molecule has 120 valence electrons. The minimum Gasteiger partial charge on any atom is -0.497 e. The lowest BCUT2D eigenvalue weighted by molar-refractivity contribution is -0.124. The Bertz CT molecular complexity index is 533. The lowest BCUT2D eigenvalue weighted by Gasteiger charge is -2.21. The monoisotopic (exact) mass is 305 g/mol. The molecule has 0 bridgehead atoms. The van der Waals surface area contributed by atoms with E-state index in [-0.39, 0.29) is 5.91 Å². The van der Waals surface area contributed by atoms with E-state index in [4.69, 9.17) is 10.5 Å². The van der Waals surface area contributed by atoms with Crippen LogP contribution in [0.15, 0.2) is 24.3 Å². The van der Waals surface area contributed by atoms with E-state index in [1.807, 2.05) is 24.3 Å². The van der Waals surface area contributed by atoms with Crippen molar-refractivity contribution >= 4 is 11.9 Å². The normalized spacial score (nSPS) is 17.3. The highest BCUT2D eigenvalue weighted by Gasteiger charge is 2.32. The van der Waals surface area contributed by atoms with Gasteiger partial charge >= 0.3 is 6.03 Å². The average Bonchev–Trinajstić information content (AvgIpc) is 3.01. The molecule has 0 spiro atoms. The molecule has 6 heteroatoms. The van der Waals surface area contributed by atoms with E-state index in [2.05, 4.69) is 5.32 Å². The van der Waals surface area contributed by atoms with Crippen molar-refractivity contribution in [3.8, 4) is 5.75 Å². The molecule has 0 radical (unpaired) electrons. The van der Waals surface area contributed by atoms with Crippen LogP contribution >= 0.6 is 0 Å². The second-order valence-electron chi connectivity index (χ2n) is 5.44. The van der Waals surface area contributed by atoms with Crippen LogP contribution in [0.4, 0.5) is 4.79 Å². The number of rotatable bonds is 6. The number of carbonyl (C=O) groups excluding carboxylic acids is 2. The summed E-state index contributed by atoms with van der Waals surface area (Å²) in [4.78, 5) is 24.8. The molecule has 1 aliphatic rings. The summed E-state index contributed by atoms with van der Waals surface area (Å²) < 4.78 is 5.18. The molecule has 1 fully saturated rings. The van der Waals surface area contributed by atoms with Crippen LogP contribution < -0.4 is 15.8 Å². The molecular formula is C16H23N3O3. The quantitative estimate of drug-likeness (QED) is 0.777. The summed E-state index contributed by atoms with van der Waals surface area (Å²) in [6.45, 7) is 1.15. The van der Waals surface area contributed by atoms with Gasteiger partial charge in [-0.15, -0.1) is 0 Å². The number of nitrogens with one attached hydrogen (secondary N) is 1.